The van der Waals surface area contributed by atoms with Crippen LogP contribution >= 0.6 is 7.60 Å². The average Bonchev–Trinajstić information content (AvgIpc) is 2.75. The molecule has 0 aliphatic heterocycles. The number of benzene rings is 3. The van der Waals surface area contributed by atoms with Gasteiger partial charge in [-0.2, -0.15) is 0 Å². The fourth-order valence-electron chi connectivity index (χ4n) is 2.70. The molecule has 5 nitrogen and oxygen atoms in total. The Morgan fingerprint density at radius 2 is 1.31 bits per heavy atom. The van der Waals surface area contributed by atoms with Gasteiger partial charge in [0.05, 0.1) is 0 Å². The van der Waals surface area contributed by atoms with Crippen LogP contribution in [-0.4, -0.2) is 11.7 Å². The van der Waals surface area contributed by atoms with E-state index in [9.17, 15) is 9.36 Å². The van der Waals surface area contributed by atoms with Gasteiger partial charge >= 0.3 is 7.60 Å². The smallest absolute Gasteiger partial charge is 0.415 e. The number of amides is 1. The van der Waals surface area contributed by atoms with Crippen LogP contribution in [0.4, 0.5) is 0 Å². The number of rotatable bonds is 9. The second-order valence-corrected chi connectivity index (χ2v) is 8.33. The lowest BCUT2D eigenvalue weighted by Gasteiger charge is -2.28. The second kappa shape index (κ2) is 9.76. The number of carbonyl (C=O) groups excluding carboxylic acids is 1. The first-order chi connectivity index (χ1) is 14.1. The molecule has 0 saturated carbocycles. The average molecular weight is 407 g/mol. The van der Waals surface area contributed by atoms with Crippen LogP contribution in [0.3, 0.4) is 0 Å². The summed E-state index contributed by atoms with van der Waals surface area (Å²) in [6.07, 6.45) is 1.39. The molecular weight excluding hydrogens is 385 g/mol. The third-order valence-electron chi connectivity index (χ3n) is 4.10. The van der Waals surface area contributed by atoms with Crippen molar-refractivity contribution in [2.45, 2.75) is 12.2 Å². The van der Waals surface area contributed by atoms with Crippen LogP contribution in [0.15, 0.2) is 104 Å². The maximum absolute atomic E-state index is 14.0. The first-order valence-corrected chi connectivity index (χ1v) is 10.8. The van der Waals surface area contributed by atoms with Crippen LogP contribution in [-0.2, 0) is 15.8 Å². The van der Waals surface area contributed by atoms with Crippen molar-refractivity contribution in [3.8, 4) is 11.5 Å². The highest BCUT2D eigenvalue weighted by atomic mass is 31.2. The number of para-hydroxylation sites is 2. The summed E-state index contributed by atoms with van der Waals surface area (Å²) in [5, 5.41) is 2.73. The molecule has 0 radical (unpaired) electrons. The van der Waals surface area contributed by atoms with E-state index in [0.717, 1.165) is 11.6 Å². The molecule has 0 saturated heterocycles. The number of hydrogen-bond acceptors (Lipinski definition) is 4. The van der Waals surface area contributed by atoms with Crippen molar-refractivity contribution in [3.63, 3.8) is 0 Å². The van der Waals surface area contributed by atoms with Gasteiger partial charge in [0.1, 0.15) is 11.5 Å². The largest absolute Gasteiger partial charge is 0.453 e. The highest BCUT2D eigenvalue weighted by Gasteiger charge is 2.40. The molecule has 3 aromatic carbocycles. The minimum Gasteiger partial charge on any atom is -0.415 e. The number of nitrogens with one attached hydrogen (secondary N) is 1. The van der Waals surface area contributed by atoms with Crippen LogP contribution in [0.1, 0.15) is 5.56 Å². The SMILES string of the molecule is C=CC(=O)NC(Cc1ccccc1)P(=O)(Oc1ccccc1)Oc1ccccc1. The number of hydrogen-bond donors (Lipinski definition) is 1. The zero-order valence-electron chi connectivity index (χ0n) is 15.8. The van der Waals surface area contributed by atoms with Crippen molar-refractivity contribution in [2.24, 2.45) is 0 Å². The summed E-state index contributed by atoms with van der Waals surface area (Å²) in [5.41, 5.74) is 0.885. The standard InChI is InChI=1S/C23H22NO4P/c1-2-22(25)24-23(18-19-12-6-3-7-13-19)29(26,27-20-14-8-4-9-15-20)28-21-16-10-5-11-17-21/h2-17,23H,1,18H2,(H,24,25). The molecule has 1 unspecified atom stereocenters. The molecule has 1 N–H and O–H groups in total. The van der Waals surface area contributed by atoms with Gasteiger partial charge < -0.3 is 14.4 Å². The third-order valence-corrected chi connectivity index (χ3v) is 6.11. The zero-order valence-corrected chi connectivity index (χ0v) is 16.7. The molecule has 29 heavy (non-hydrogen) atoms. The van der Waals surface area contributed by atoms with Crippen molar-refractivity contribution < 1.29 is 18.4 Å². The van der Waals surface area contributed by atoms with Gasteiger partial charge in [-0.3, -0.25) is 4.79 Å². The summed E-state index contributed by atoms with van der Waals surface area (Å²) in [4.78, 5) is 12.1. The van der Waals surface area contributed by atoms with Gasteiger partial charge in [-0.15, -0.1) is 0 Å². The molecule has 0 aromatic heterocycles. The van der Waals surface area contributed by atoms with Gasteiger partial charge in [-0.1, -0.05) is 73.3 Å². The Hall–Kier alpha value is -3.30. The molecule has 6 heteroatoms. The summed E-state index contributed by atoms with van der Waals surface area (Å²) < 4.78 is 25.8. The molecule has 0 spiro atoms. The van der Waals surface area contributed by atoms with E-state index in [1.807, 2.05) is 42.5 Å². The lowest BCUT2D eigenvalue weighted by Crippen LogP contribution is -2.37. The molecule has 3 aromatic rings. The molecule has 1 amide bonds. The Bertz CT molecular complexity index is 932. The molecule has 0 fully saturated rings. The molecule has 1 atom stereocenters. The van der Waals surface area contributed by atoms with Gasteiger partial charge in [0.15, 0.2) is 5.78 Å². The molecular formula is C23H22NO4P. The van der Waals surface area contributed by atoms with Gasteiger partial charge in [0, 0.05) is 6.42 Å². The maximum atomic E-state index is 14.0. The predicted molar refractivity (Wildman–Crippen MR) is 114 cm³/mol. The second-order valence-electron chi connectivity index (χ2n) is 6.27. The minimum absolute atomic E-state index is 0.261. The van der Waals surface area contributed by atoms with E-state index in [1.165, 1.54) is 0 Å². The van der Waals surface area contributed by atoms with E-state index in [0.29, 0.717) is 11.5 Å². The highest BCUT2D eigenvalue weighted by molar-refractivity contribution is 7.55. The fourth-order valence-corrected chi connectivity index (χ4v) is 4.55. The Kier molecular flexibility index (Phi) is 6.88. The van der Waals surface area contributed by atoms with Crippen LogP contribution in [0.2, 0.25) is 0 Å². The van der Waals surface area contributed by atoms with E-state index in [2.05, 4.69) is 11.9 Å². The van der Waals surface area contributed by atoms with E-state index in [-0.39, 0.29) is 6.42 Å². The molecule has 3 rings (SSSR count). The van der Waals surface area contributed by atoms with E-state index < -0.39 is 19.3 Å². The van der Waals surface area contributed by atoms with E-state index >= 15 is 0 Å². The predicted octanol–water partition coefficient (Wildman–Crippen LogP) is 5.21. The van der Waals surface area contributed by atoms with Crippen LogP contribution < -0.4 is 14.4 Å². The van der Waals surface area contributed by atoms with Crippen LogP contribution in [0.5, 0.6) is 11.5 Å². The molecule has 0 aliphatic carbocycles. The summed E-state index contributed by atoms with van der Waals surface area (Å²) >= 11 is 0. The third kappa shape index (κ3) is 5.84. The van der Waals surface area contributed by atoms with Crippen LogP contribution in [0.25, 0.3) is 0 Å². The van der Waals surface area contributed by atoms with Crippen LogP contribution in [0, 0.1) is 0 Å². The monoisotopic (exact) mass is 407 g/mol. The fraction of sp³-hybridized carbons (Fsp3) is 0.0870. The first kappa shape index (κ1) is 20.4. The molecule has 0 aliphatic rings. The van der Waals surface area contributed by atoms with Gasteiger partial charge in [0.25, 0.3) is 0 Å². The van der Waals surface area contributed by atoms with Gasteiger partial charge in [-0.25, -0.2) is 4.57 Å². The summed E-state index contributed by atoms with van der Waals surface area (Å²) in [5.74, 6) is -0.606. The van der Waals surface area contributed by atoms with Gasteiger partial charge in [-0.05, 0) is 35.9 Å². The summed E-state index contributed by atoms with van der Waals surface area (Å²) in [7, 11) is -3.89. The Balaban J connectivity index is 1.99. The molecule has 148 valence electrons. The lowest BCUT2D eigenvalue weighted by atomic mass is 10.1. The number of carbonyl (C=O) groups is 1. The molecule has 0 bridgehead atoms. The highest BCUT2D eigenvalue weighted by Crippen LogP contribution is 2.52. The minimum atomic E-state index is -3.89. The van der Waals surface area contributed by atoms with Crippen molar-refractivity contribution >= 4 is 13.5 Å². The maximum Gasteiger partial charge on any atom is 0.453 e. The van der Waals surface area contributed by atoms with E-state index in [4.69, 9.17) is 9.05 Å². The van der Waals surface area contributed by atoms with E-state index in [1.54, 1.807) is 48.5 Å². The van der Waals surface area contributed by atoms with Crippen molar-refractivity contribution in [2.75, 3.05) is 0 Å². The topological polar surface area (TPSA) is 64.6 Å². The summed E-state index contributed by atoms with van der Waals surface area (Å²) in [6.45, 7) is 3.49. The lowest BCUT2D eigenvalue weighted by molar-refractivity contribution is -0.116. The Labute approximate surface area is 170 Å². The summed E-state index contributed by atoms with van der Waals surface area (Å²) in [6, 6.07) is 26.9. The normalized spacial score (nSPS) is 11.9. The Morgan fingerprint density at radius 3 is 1.76 bits per heavy atom. The zero-order chi connectivity index (χ0) is 20.5. The van der Waals surface area contributed by atoms with Crippen molar-refractivity contribution in [3.05, 3.63) is 109 Å². The van der Waals surface area contributed by atoms with Gasteiger partial charge in [0.2, 0.25) is 5.91 Å². The quantitative estimate of drug-likeness (QED) is 0.391. The molecule has 0 heterocycles. The Morgan fingerprint density at radius 1 is 0.862 bits per heavy atom. The first-order valence-electron chi connectivity index (χ1n) is 9.15. The van der Waals surface area contributed by atoms with Crippen molar-refractivity contribution in [1.82, 2.24) is 5.32 Å². The van der Waals surface area contributed by atoms with Crippen molar-refractivity contribution in [1.29, 1.82) is 0 Å².